The first kappa shape index (κ1) is 8.16. The van der Waals surface area contributed by atoms with Gasteiger partial charge in [0.05, 0.1) is 6.54 Å². The molecule has 70 valence electrons. The number of nitrogens with one attached hydrogen (secondary N) is 1. The van der Waals surface area contributed by atoms with Crippen molar-refractivity contribution >= 4 is 6.03 Å². The third-order valence-corrected chi connectivity index (χ3v) is 2.31. The van der Waals surface area contributed by atoms with E-state index in [1.54, 1.807) is 5.01 Å². The summed E-state index contributed by atoms with van der Waals surface area (Å²) in [7, 11) is 0. The summed E-state index contributed by atoms with van der Waals surface area (Å²) in [6.07, 6.45) is 0. The summed E-state index contributed by atoms with van der Waals surface area (Å²) in [5, 5.41) is 4.51. The van der Waals surface area contributed by atoms with Crippen molar-refractivity contribution in [1.29, 1.82) is 0 Å². The van der Waals surface area contributed by atoms with E-state index in [1.165, 1.54) is 0 Å². The molecular formula is C9H13N3O. The van der Waals surface area contributed by atoms with Gasteiger partial charge >= 0.3 is 6.03 Å². The summed E-state index contributed by atoms with van der Waals surface area (Å²) in [5.41, 5.74) is 2.18. The minimum Gasteiger partial charge on any atom is -0.335 e. The lowest BCUT2D eigenvalue weighted by molar-refractivity contribution is 0.247. The molecule has 0 spiro atoms. The van der Waals surface area contributed by atoms with Gasteiger partial charge in [-0.25, -0.2) is 9.80 Å². The van der Waals surface area contributed by atoms with Crippen LogP contribution in [-0.2, 0) is 0 Å². The number of urea groups is 1. The zero-order valence-electron chi connectivity index (χ0n) is 7.87. The lowest BCUT2D eigenvalue weighted by atomic mass is 10.5. The second-order valence-electron chi connectivity index (χ2n) is 3.28. The molecule has 0 bridgehead atoms. The lowest BCUT2D eigenvalue weighted by Crippen LogP contribution is -2.38. The van der Waals surface area contributed by atoms with Crippen molar-refractivity contribution in [3.8, 4) is 0 Å². The molecule has 4 heteroatoms. The van der Waals surface area contributed by atoms with Crippen molar-refractivity contribution in [2.45, 2.75) is 13.8 Å². The van der Waals surface area contributed by atoms with Crippen LogP contribution < -0.4 is 10.3 Å². The van der Waals surface area contributed by atoms with Crippen molar-refractivity contribution < 1.29 is 4.79 Å². The van der Waals surface area contributed by atoms with Gasteiger partial charge in [0.1, 0.15) is 0 Å². The first-order valence-electron chi connectivity index (χ1n) is 4.41. The molecule has 1 aromatic heterocycles. The molecule has 1 fully saturated rings. The molecule has 1 aromatic rings. The molecule has 0 aromatic carbocycles. The molecule has 1 N–H and O–H groups in total. The van der Waals surface area contributed by atoms with Gasteiger partial charge in [-0.05, 0) is 26.0 Å². The van der Waals surface area contributed by atoms with E-state index in [-0.39, 0.29) is 6.03 Å². The third-order valence-electron chi connectivity index (χ3n) is 2.31. The number of hydrogen-bond acceptors (Lipinski definition) is 1. The minimum absolute atomic E-state index is 0.0117. The molecule has 0 aliphatic carbocycles. The highest BCUT2D eigenvalue weighted by atomic mass is 16.2. The van der Waals surface area contributed by atoms with E-state index in [4.69, 9.17) is 0 Å². The van der Waals surface area contributed by atoms with Crippen molar-refractivity contribution in [3.63, 3.8) is 0 Å². The quantitative estimate of drug-likeness (QED) is 0.679. The largest absolute Gasteiger partial charge is 0.336 e. The predicted molar refractivity (Wildman–Crippen MR) is 50.4 cm³/mol. The molecule has 0 unspecified atom stereocenters. The maximum atomic E-state index is 11.4. The summed E-state index contributed by atoms with van der Waals surface area (Å²) >= 11 is 0. The smallest absolute Gasteiger partial charge is 0.335 e. The van der Waals surface area contributed by atoms with Crippen LogP contribution in [0.4, 0.5) is 4.79 Å². The first-order valence-corrected chi connectivity index (χ1v) is 4.41. The second-order valence-corrected chi connectivity index (χ2v) is 3.28. The first-order chi connectivity index (χ1) is 6.20. The Hall–Kier alpha value is -1.45. The Balaban J connectivity index is 2.39. The van der Waals surface area contributed by atoms with Gasteiger partial charge in [0.25, 0.3) is 0 Å². The summed E-state index contributed by atoms with van der Waals surface area (Å²) in [4.78, 5) is 11.4. The topological polar surface area (TPSA) is 37.3 Å². The summed E-state index contributed by atoms with van der Waals surface area (Å²) in [6.45, 7) is 5.47. The normalized spacial score (nSPS) is 16.5. The SMILES string of the molecule is Cc1ccc(C)n1N1CCNC1=O. The van der Waals surface area contributed by atoms with Crippen molar-refractivity contribution in [1.82, 2.24) is 9.99 Å². The Morgan fingerprint density at radius 1 is 1.31 bits per heavy atom. The molecule has 1 aliphatic rings. The Labute approximate surface area is 77.1 Å². The van der Waals surface area contributed by atoms with E-state index in [9.17, 15) is 4.79 Å². The fraction of sp³-hybridized carbons (Fsp3) is 0.444. The summed E-state index contributed by atoms with van der Waals surface area (Å²) < 4.78 is 1.95. The lowest BCUT2D eigenvalue weighted by Gasteiger charge is -2.19. The Morgan fingerprint density at radius 3 is 2.38 bits per heavy atom. The van der Waals surface area contributed by atoms with E-state index < -0.39 is 0 Å². The van der Waals surface area contributed by atoms with Crippen LogP contribution in [0.1, 0.15) is 11.4 Å². The van der Waals surface area contributed by atoms with Crippen LogP contribution in [0.3, 0.4) is 0 Å². The fourth-order valence-electron chi connectivity index (χ4n) is 1.69. The van der Waals surface area contributed by atoms with E-state index in [0.717, 1.165) is 24.5 Å². The van der Waals surface area contributed by atoms with E-state index in [1.807, 2.05) is 30.7 Å². The van der Waals surface area contributed by atoms with Gasteiger partial charge in [-0.15, -0.1) is 0 Å². The highest BCUT2D eigenvalue weighted by Crippen LogP contribution is 2.09. The molecular weight excluding hydrogens is 166 g/mol. The number of aryl methyl sites for hydroxylation is 2. The van der Waals surface area contributed by atoms with Gasteiger partial charge in [0, 0.05) is 17.9 Å². The molecule has 2 rings (SSSR count). The number of carbonyl (C=O) groups excluding carboxylic acids is 1. The number of aromatic nitrogens is 1. The number of rotatable bonds is 1. The Kier molecular flexibility index (Phi) is 1.76. The van der Waals surface area contributed by atoms with E-state index in [0.29, 0.717) is 0 Å². The Bertz CT molecular complexity index is 323. The average molecular weight is 179 g/mol. The number of nitrogens with zero attached hydrogens (tertiary/aromatic N) is 2. The van der Waals surface area contributed by atoms with Gasteiger partial charge in [-0.1, -0.05) is 0 Å². The molecule has 1 aliphatic heterocycles. The van der Waals surface area contributed by atoms with Crippen LogP contribution in [0, 0.1) is 13.8 Å². The zero-order valence-corrected chi connectivity index (χ0v) is 7.87. The maximum Gasteiger partial charge on any atom is 0.336 e. The number of amides is 2. The molecule has 2 amide bonds. The van der Waals surface area contributed by atoms with Crippen LogP contribution in [-0.4, -0.2) is 23.8 Å². The highest BCUT2D eigenvalue weighted by molar-refractivity contribution is 5.86. The van der Waals surface area contributed by atoms with E-state index in [2.05, 4.69) is 5.32 Å². The standard InChI is InChI=1S/C9H13N3O/c1-7-3-4-8(2)12(7)11-6-5-10-9(11)13/h3-4H,5-6H2,1-2H3,(H,10,13). The molecule has 13 heavy (non-hydrogen) atoms. The van der Waals surface area contributed by atoms with Gasteiger partial charge in [-0.3, -0.25) is 4.68 Å². The van der Waals surface area contributed by atoms with Gasteiger partial charge in [0.15, 0.2) is 0 Å². The maximum absolute atomic E-state index is 11.4. The Morgan fingerprint density at radius 2 is 1.92 bits per heavy atom. The van der Waals surface area contributed by atoms with Crippen molar-refractivity contribution in [2.75, 3.05) is 18.1 Å². The number of hydrogen-bond donors (Lipinski definition) is 1. The molecule has 2 heterocycles. The van der Waals surface area contributed by atoms with Gasteiger partial charge in [0.2, 0.25) is 0 Å². The van der Waals surface area contributed by atoms with E-state index >= 15 is 0 Å². The zero-order chi connectivity index (χ0) is 9.42. The molecule has 4 nitrogen and oxygen atoms in total. The minimum atomic E-state index is -0.0117. The van der Waals surface area contributed by atoms with Crippen molar-refractivity contribution in [3.05, 3.63) is 23.5 Å². The predicted octanol–water partition coefficient (Wildman–Crippen LogP) is 0.766. The molecule has 0 saturated carbocycles. The fourth-order valence-corrected chi connectivity index (χ4v) is 1.69. The van der Waals surface area contributed by atoms with Gasteiger partial charge < -0.3 is 5.32 Å². The molecule has 1 saturated heterocycles. The average Bonchev–Trinajstić information content (AvgIpc) is 2.60. The van der Waals surface area contributed by atoms with Crippen LogP contribution in [0.15, 0.2) is 12.1 Å². The molecule has 0 radical (unpaired) electrons. The highest BCUT2D eigenvalue weighted by Gasteiger charge is 2.22. The third kappa shape index (κ3) is 1.18. The van der Waals surface area contributed by atoms with Crippen LogP contribution in [0.2, 0.25) is 0 Å². The van der Waals surface area contributed by atoms with Crippen LogP contribution >= 0.6 is 0 Å². The van der Waals surface area contributed by atoms with Gasteiger partial charge in [-0.2, -0.15) is 0 Å². The van der Waals surface area contributed by atoms with Crippen LogP contribution in [0.25, 0.3) is 0 Å². The second kappa shape index (κ2) is 2.80. The monoisotopic (exact) mass is 179 g/mol. The summed E-state index contributed by atoms with van der Waals surface area (Å²) in [6, 6.07) is 4.02. The van der Waals surface area contributed by atoms with Crippen molar-refractivity contribution in [2.24, 2.45) is 0 Å². The summed E-state index contributed by atoms with van der Waals surface area (Å²) in [5.74, 6) is 0. The number of carbonyl (C=O) groups is 1. The van der Waals surface area contributed by atoms with Crippen LogP contribution in [0.5, 0.6) is 0 Å². The molecule has 0 atom stereocenters.